The van der Waals surface area contributed by atoms with E-state index in [0.717, 1.165) is 17.6 Å². The maximum Gasteiger partial charge on any atom is 0.192 e. The van der Waals surface area contributed by atoms with Crippen LogP contribution in [0.5, 0.6) is 0 Å². The minimum absolute atomic E-state index is 0.122. The van der Waals surface area contributed by atoms with Gasteiger partial charge in [-0.05, 0) is 49.8 Å². The number of nitrogens with zero attached hydrogens (tertiary/aromatic N) is 4. The number of aryl methyl sites for hydroxylation is 2. The fraction of sp³-hybridized carbons (Fsp3) is 0.348. The number of hydrogen-bond donors (Lipinski definition) is 2. The normalized spacial score (nSPS) is 12.6. The zero-order valence-electron chi connectivity index (χ0n) is 18.3. The second kappa shape index (κ2) is 10.3. The highest BCUT2D eigenvalue weighted by molar-refractivity contribution is 7.98. The van der Waals surface area contributed by atoms with Gasteiger partial charge in [0.25, 0.3) is 0 Å². The molecule has 6 nitrogen and oxygen atoms in total. The van der Waals surface area contributed by atoms with Crippen LogP contribution in [0.1, 0.15) is 41.3 Å². The Morgan fingerprint density at radius 2 is 1.90 bits per heavy atom. The van der Waals surface area contributed by atoms with E-state index < -0.39 is 0 Å². The Bertz CT molecular complexity index is 996. The number of aliphatic imine (C=N–C) groups is 1. The highest BCUT2D eigenvalue weighted by atomic mass is 32.2. The van der Waals surface area contributed by atoms with E-state index >= 15 is 0 Å². The molecule has 2 N–H and O–H groups in total. The summed E-state index contributed by atoms with van der Waals surface area (Å²) >= 11 is 1.76. The van der Waals surface area contributed by atoms with E-state index in [4.69, 9.17) is 4.99 Å². The second-order valence-electron chi connectivity index (χ2n) is 7.33. The van der Waals surface area contributed by atoms with Crippen molar-refractivity contribution in [1.82, 2.24) is 25.4 Å². The summed E-state index contributed by atoms with van der Waals surface area (Å²) in [6.45, 7) is 7.35. The lowest BCUT2D eigenvalue weighted by Gasteiger charge is -2.19. The number of nitrogens with one attached hydrogen (secondary N) is 2. The number of thioether (sulfide) groups is 1. The van der Waals surface area contributed by atoms with E-state index in [9.17, 15) is 0 Å². The average molecular weight is 423 g/mol. The molecule has 0 aliphatic rings. The van der Waals surface area contributed by atoms with Crippen molar-refractivity contribution in [3.05, 3.63) is 76.9 Å². The summed E-state index contributed by atoms with van der Waals surface area (Å²) < 4.78 is 1.98. The SMILES string of the molecule is CSc1cc(C)ccc1CN=C(NCc1nnc(C)n1C)NC(C)c1ccccc1. The Labute approximate surface area is 183 Å². The highest BCUT2D eigenvalue weighted by Gasteiger charge is 2.11. The fourth-order valence-corrected chi connectivity index (χ4v) is 3.80. The topological polar surface area (TPSA) is 67.1 Å². The molecule has 7 heteroatoms. The largest absolute Gasteiger partial charge is 0.350 e. The van der Waals surface area contributed by atoms with Crippen LogP contribution in [0.25, 0.3) is 0 Å². The Morgan fingerprint density at radius 3 is 2.57 bits per heavy atom. The standard InChI is InChI=1S/C23H30N6S/c1-16-11-12-20(21(13-16)30-5)14-24-23(25-15-22-28-27-18(3)29(22)4)26-17(2)19-9-7-6-8-10-19/h6-13,17H,14-15H2,1-5H3,(H2,24,25,26). The molecule has 3 rings (SSSR count). The molecule has 0 fully saturated rings. The third-order valence-corrected chi connectivity index (χ3v) is 5.92. The minimum Gasteiger partial charge on any atom is -0.350 e. The summed E-state index contributed by atoms with van der Waals surface area (Å²) in [6.07, 6.45) is 2.10. The second-order valence-corrected chi connectivity index (χ2v) is 8.18. The first-order valence-corrected chi connectivity index (χ1v) is 11.3. The summed E-state index contributed by atoms with van der Waals surface area (Å²) in [5.74, 6) is 2.51. The summed E-state index contributed by atoms with van der Waals surface area (Å²) in [4.78, 5) is 6.14. The average Bonchev–Trinajstić information content (AvgIpc) is 3.08. The van der Waals surface area contributed by atoms with Gasteiger partial charge in [-0.15, -0.1) is 22.0 Å². The van der Waals surface area contributed by atoms with E-state index in [1.165, 1.54) is 21.6 Å². The molecule has 1 aromatic heterocycles. The molecule has 0 aliphatic heterocycles. The summed E-state index contributed by atoms with van der Waals surface area (Å²) in [5.41, 5.74) is 3.69. The van der Waals surface area contributed by atoms with Crippen LogP contribution in [0.2, 0.25) is 0 Å². The van der Waals surface area contributed by atoms with Crippen molar-refractivity contribution in [3.8, 4) is 0 Å². The molecule has 1 atom stereocenters. The van der Waals surface area contributed by atoms with Crippen LogP contribution in [0, 0.1) is 13.8 Å². The van der Waals surface area contributed by atoms with Crippen molar-refractivity contribution in [1.29, 1.82) is 0 Å². The molecule has 0 aliphatic carbocycles. The van der Waals surface area contributed by atoms with Crippen molar-refractivity contribution in [2.75, 3.05) is 6.26 Å². The lowest BCUT2D eigenvalue weighted by atomic mass is 10.1. The van der Waals surface area contributed by atoms with E-state index in [-0.39, 0.29) is 6.04 Å². The van der Waals surface area contributed by atoms with Crippen LogP contribution >= 0.6 is 11.8 Å². The summed E-state index contributed by atoms with van der Waals surface area (Å²) in [5, 5.41) is 15.3. The van der Waals surface area contributed by atoms with Gasteiger partial charge < -0.3 is 15.2 Å². The molecule has 30 heavy (non-hydrogen) atoms. The predicted octanol–water partition coefficient (Wildman–Crippen LogP) is 4.15. The summed E-state index contributed by atoms with van der Waals surface area (Å²) in [6, 6.07) is 17.0. The third kappa shape index (κ3) is 5.63. The number of benzene rings is 2. The first-order chi connectivity index (χ1) is 14.5. The van der Waals surface area contributed by atoms with Gasteiger partial charge in [-0.3, -0.25) is 0 Å². The predicted molar refractivity (Wildman–Crippen MR) is 125 cm³/mol. The van der Waals surface area contributed by atoms with Crippen LogP contribution in [-0.4, -0.2) is 27.0 Å². The van der Waals surface area contributed by atoms with Gasteiger partial charge in [-0.2, -0.15) is 0 Å². The van der Waals surface area contributed by atoms with Gasteiger partial charge in [0.05, 0.1) is 19.1 Å². The first-order valence-electron chi connectivity index (χ1n) is 10.1. The summed E-state index contributed by atoms with van der Waals surface area (Å²) in [7, 11) is 1.97. The third-order valence-electron chi connectivity index (χ3n) is 5.10. The Hall–Kier alpha value is -2.80. The monoisotopic (exact) mass is 422 g/mol. The molecule has 2 aromatic carbocycles. The van der Waals surface area contributed by atoms with E-state index in [1.54, 1.807) is 11.8 Å². The number of aromatic nitrogens is 3. The van der Waals surface area contributed by atoms with Gasteiger partial charge in [-0.25, -0.2) is 4.99 Å². The zero-order chi connectivity index (χ0) is 21.5. The molecule has 0 spiro atoms. The molecule has 0 bridgehead atoms. The quantitative estimate of drug-likeness (QED) is 0.340. The van der Waals surface area contributed by atoms with Gasteiger partial charge >= 0.3 is 0 Å². The lowest BCUT2D eigenvalue weighted by Crippen LogP contribution is -2.39. The lowest BCUT2D eigenvalue weighted by molar-refractivity contribution is 0.663. The molecular formula is C23H30N6S. The number of rotatable bonds is 7. The van der Waals surface area contributed by atoms with Gasteiger partial charge in [0.1, 0.15) is 5.82 Å². The van der Waals surface area contributed by atoms with Crippen LogP contribution in [0.3, 0.4) is 0 Å². The molecule has 1 heterocycles. The molecule has 0 radical (unpaired) electrons. The highest BCUT2D eigenvalue weighted by Crippen LogP contribution is 2.22. The van der Waals surface area contributed by atoms with Crippen molar-refractivity contribution in [2.45, 2.75) is 44.8 Å². The molecule has 3 aromatic rings. The van der Waals surface area contributed by atoms with Crippen molar-refractivity contribution in [2.24, 2.45) is 12.0 Å². The van der Waals surface area contributed by atoms with Crippen LogP contribution in [0.15, 0.2) is 58.4 Å². The molecule has 158 valence electrons. The minimum atomic E-state index is 0.122. The van der Waals surface area contributed by atoms with Crippen LogP contribution < -0.4 is 10.6 Å². The zero-order valence-corrected chi connectivity index (χ0v) is 19.1. The van der Waals surface area contributed by atoms with E-state index in [0.29, 0.717) is 13.1 Å². The van der Waals surface area contributed by atoms with Crippen LogP contribution in [-0.2, 0) is 20.1 Å². The van der Waals surface area contributed by atoms with Crippen molar-refractivity contribution < 1.29 is 0 Å². The maximum absolute atomic E-state index is 4.87. The molecule has 0 saturated heterocycles. The molecular weight excluding hydrogens is 392 g/mol. The number of guanidine groups is 1. The molecule has 0 amide bonds. The van der Waals surface area contributed by atoms with E-state index in [1.807, 2.05) is 24.6 Å². The van der Waals surface area contributed by atoms with Gasteiger partial charge in [0, 0.05) is 11.9 Å². The molecule has 0 saturated carbocycles. The van der Waals surface area contributed by atoms with Crippen LogP contribution in [0.4, 0.5) is 0 Å². The maximum atomic E-state index is 4.87. The van der Waals surface area contributed by atoms with Gasteiger partial charge in [0.15, 0.2) is 11.8 Å². The van der Waals surface area contributed by atoms with Gasteiger partial charge in [-0.1, -0.05) is 42.5 Å². The Morgan fingerprint density at radius 1 is 1.13 bits per heavy atom. The van der Waals surface area contributed by atoms with E-state index in [2.05, 4.69) is 83.4 Å². The first kappa shape index (κ1) is 21.9. The van der Waals surface area contributed by atoms with Crippen molar-refractivity contribution in [3.63, 3.8) is 0 Å². The number of hydrogen-bond acceptors (Lipinski definition) is 4. The molecule has 1 unspecified atom stereocenters. The smallest absolute Gasteiger partial charge is 0.192 e. The Balaban J connectivity index is 1.78. The fourth-order valence-electron chi connectivity index (χ4n) is 3.10. The Kier molecular flexibility index (Phi) is 7.52. The van der Waals surface area contributed by atoms with Gasteiger partial charge in [0.2, 0.25) is 0 Å². The van der Waals surface area contributed by atoms with Crippen molar-refractivity contribution >= 4 is 17.7 Å².